The average Bonchev–Trinajstić information content (AvgIpc) is 3.38. The fraction of sp³-hybridized carbons (Fsp3) is 0.273. The zero-order chi connectivity index (χ0) is 17.7. The number of aryl methyl sites for hydroxylation is 1. The Hall–Kier alpha value is -2.88. The lowest BCUT2D eigenvalue weighted by molar-refractivity contribution is 0.432. The number of benzene rings is 2. The van der Waals surface area contributed by atoms with E-state index in [1.54, 1.807) is 0 Å². The molecule has 0 atom stereocenters. The summed E-state index contributed by atoms with van der Waals surface area (Å²) in [5.41, 5.74) is 6.10. The molecule has 0 radical (unpaired) electrons. The molecule has 0 saturated heterocycles. The Labute approximate surface area is 152 Å². The van der Waals surface area contributed by atoms with Crippen LogP contribution in [-0.2, 0) is 12.8 Å². The van der Waals surface area contributed by atoms with Crippen LogP contribution in [0.1, 0.15) is 37.4 Å². The van der Waals surface area contributed by atoms with Crippen LogP contribution in [0.2, 0.25) is 0 Å². The average molecular weight is 343 g/mol. The van der Waals surface area contributed by atoms with Gasteiger partial charge in [-0.3, -0.25) is 0 Å². The Bertz CT molecular complexity index is 1100. The van der Waals surface area contributed by atoms with E-state index in [1.807, 2.05) is 0 Å². The van der Waals surface area contributed by atoms with E-state index in [0.717, 1.165) is 24.0 Å². The predicted molar refractivity (Wildman–Crippen MR) is 103 cm³/mol. The normalized spacial score (nSPS) is 13.7. The van der Waals surface area contributed by atoms with Crippen LogP contribution in [0, 0.1) is 0 Å². The van der Waals surface area contributed by atoms with Gasteiger partial charge in [0.05, 0.1) is 0 Å². The molecule has 2 aromatic heterocycles. The fourth-order valence-corrected chi connectivity index (χ4v) is 4.03. The van der Waals surface area contributed by atoms with Gasteiger partial charge in [0.1, 0.15) is 0 Å². The van der Waals surface area contributed by atoms with Crippen LogP contribution in [-0.4, -0.2) is 14.7 Å². The van der Waals surface area contributed by atoms with Crippen molar-refractivity contribution in [3.8, 4) is 22.8 Å². The molecule has 4 heteroatoms. The van der Waals surface area contributed by atoms with Crippen LogP contribution in [0.5, 0.6) is 0 Å². The van der Waals surface area contributed by atoms with Crippen molar-refractivity contribution >= 4 is 10.9 Å². The Balaban J connectivity index is 1.55. The summed E-state index contributed by atoms with van der Waals surface area (Å²) in [6.45, 7) is 4.38. The van der Waals surface area contributed by atoms with E-state index < -0.39 is 0 Å². The van der Waals surface area contributed by atoms with E-state index in [4.69, 9.17) is 9.51 Å². The van der Waals surface area contributed by atoms with Crippen LogP contribution in [0.4, 0.5) is 0 Å². The standard InChI is InChI=1S/C22H21N3O/c1-14(2)25-12-11-16-13-17(9-10-20(16)25)22-23-21(24-26-22)19-8-4-6-15-5-3-7-18(15)19/h4,6,8-14H,3,5,7H2,1-2H3. The number of aromatic nitrogens is 3. The van der Waals surface area contributed by atoms with Crippen molar-refractivity contribution in [3.63, 3.8) is 0 Å². The molecule has 0 fully saturated rings. The van der Waals surface area contributed by atoms with Gasteiger partial charge in [0.25, 0.3) is 5.89 Å². The van der Waals surface area contributed by atoms with Crippen LogP contribution >= 0.6 is 0 Å². The molecule has 4 aromatic rings. The lowest BCUT2D eigenvalue weighted by Gasteiger charge is -2.09. The molecule has 0 spiro atoms. The van der Waals surface area contributed by atoms with Crippen molar-refractivity contribution in [3.05, 3.63) is 59.8 Å². The van der Waals surface area contributed by atoms with Crippen molar-refractivity contribution in [1.29, 1.82) is 0 Å². The van der Waals surface area contributed by atoms with Gasteiger partial charge in [-0.15, -0.1) is 0 Å². The first-order valence-corrected chi connectivity index (χ1v) is 9.26. The maximum atomic E-state index is 5.60. The number of hydrogen-bond donors (Lipinski definition) is 0. The van der Waals surface area contributed by atoms with E-state index in [0.29, 0.717) is 17.8 Å². The predicted octanol–water partition coefficient (Wildman–Crippen LogP) is 5.43. The van der Waals surface area contributed by atoms with Gasteiger partial charge >= 0.3 is 0 Å². The number of rotatable bonds is 3. The molecule has 26 heavy (non-hydrogen) atoms. The Kier molecular flexibility index (Phi) is 3.45. The smallest absolute Gasteiger partial charge is 0.258 e. The third kappa shape index (κ3) is 2.37. The summed E-state index contributed by atoms with van der Waals surface area (Å²) in [4.78, 5) is 4.69. The molecule has 0 saturated carbocycles. The molecule has 0 unspecified atom stereocenters. The molecule has 5 rings (SSSR count). The summed E-state index contributed by atoms with van der Waals surface area (Å²) in [6.07, 6.45) is 5.59. The Morgan fingerprint density at radius 1 is 1.08 bits per heavy atom. The van der Waals surface area contributed by atoms with Crippen LogP contribution < -0.4 is 0 Å². The highest BCUT2D eigenvalue weighted by Crippen LogP contribution is 2.32. The molecule has 2 heterocycles. The molecule has 1 aliphatic carbocycles. The minimum Gasteiger partial charge on any atom is -0.345 e. The second-order valence-electron chi connectivity index (χ2n) is 7.31. The van der Waals surface area contributed by atoms with Gasteiger partial charge < -0.3 is 9.09 Å². The lowest BCUT2D eigenvalue weighted by Crippen LogP contribution is -1.97. The quantitative estimate of drug-likeness (QED) is 0.498. The maximum absolute atomic E-state index is 5.60. The largest absolute Gasteiger partial charge is 0.345 e. The topological polar surface area (TPSA) is 43.9 Å². The summed E-state index contributed by atoms with van der Waals surface area (Å²) in [7, 11) is 0. The van der Waals surface area contributed by atoms with E-state index in [9.17, 15) is 0 Å². The number of hydrogen-bond acceptors (Lipinski definition) is 3. The summed E-state index contributed by atoms with van der Waals surface area (Å²) in [5, 5.41) is 5.45. The maximum Gasteiger partial charge on any atom is 0.258 e. The first-order valence-electron chi connectivity index (χ1n) is 9.26. The van der Waals surface area contributed by atoms with E-state index >= 15 is 0 Å². The van der Waals surface area contributed by atoms with Crippen molar-refractivity contribution in [1.82, 2.24) is 14.7 Å². The van der Waals surface area contributed by atoms with Gasteiger partial charge in [-0.05, 0) is 68.5 Å². The highest BCUT2D eigenvalue weighted by molar-refractivity contribution is 5.84. The zero-order valence-electron chi connectivity index (χ0n) is 15.1. The lowest BCUT2D eigenvalue weighted by atomic mass is 10.0. The minimum absolute atomic E-state index is 0.438. The molecule has 1 aliphatic rings. The molecule has 0 bridgehead atoms. The first-order chi connectivity index (χ1) is 12.7. The molecule has 2 aromatic carbocycles. The molecule has 0 amide bonds. The van der Waals surface area contributed by atoms with Crippen molar-refractivity contribution in [2.75, 3.05) is 0 Å². The second-order valence-corrected chi connectivity index (χ2v) is 7.31. The van der Waals surface area contributed by atoms with Crippen molar-refractivity contribution in [2.24, 2.45) is 0 Å². The SMILES string of the molecule is CC(C)n1ccc2cc(-c3nc(-c4cccc5c4CCC5)no3)ccc21. The summed E-state index contributed by atoms with van der Waals surface area (Å²) < 4.78 is 7.87. The van der Waals surface area contributed by atoms with E-state index in [-0.39, 0.29) is 0 Å². The molecule has 130 valence electrons. The fourth-order valence-electron chi connectivity index (χ4n) is 4.03. The van der Waals surface area contributed by atoms with Gasteiger partial charge in [-0.25, -0.2) is 0 Å². The van der Waals surface area contributed by atoms with E-state index in [1.165, 1.54) is 28.5 Å². The van der Waals surface area contributed by atoms with Crippen LogP contribution in [0.15, 0.2) is 53.2 Å². The minimum atomic E-state index is 0.438. The highest BCUT2D eigenvalue weighted by Gasteiger charge is 2.19. The van der Waals surface area contributed by atoms with Gasteiger partial charge in [-0.2, -0.15) is 4.98 Å². The molecular weight excluding hydrogens is 322 g/mol. The van der Waals surface area contributed by atoms with Crippen molar-refractivity contribution < 1.29 is 4.52 Å². The van der Waals surface area contributed by atoms with Crippen LogP contribution in [0.25, 0.3) is 33.7 Å². The molecule has 0 N–H and O–H groups in total. The molecule has 0 aliphatic heterocycles. The van der Waals surface area contributed by atoms with Crippen molar-refractivity contribution in [2.45, 2.75) is 39.2 Å². The third-order valence-corrected chi connectivity index (χ3v) is 5.34. The Morgan fingerprint density at radius 3 is 2.88 bits per heavy atom. The monoisotopic (exact) mass is 343 g/mol. The highest BCUT2D eigenvalue weighted by atomic mass is 16.5. The number of fused-ring (bicyclic) bond motifs is 2. The summed E-state index contributed by atoms with van der Waals surface area (Å²) >= 11 is 0. The molecular formula is C22H21N3O. The van der Waals surface area contributed by atoms with Gasteiger partial charge in [0.15, 0.2) is 0 Å². The van der Waals surface area contributed by atoms with E-state index in [2.05, 4.69) is 72.2 Å². The zero-order valence-corrected chi connectivity index (χ0v) is 15.1. The third-order valence-electron chi connectivity index (χ3n) is 5.34. The van der Waals surface area contributed by atoms with Crippen LogP contribution in [0.3, 0.4) is 0 Å². The number of nitrogens with zero attached hydrogens (tertiary/aromatic N) is 3. The molecule has 4 nitrogen and oxygen atoms in total. The second kappa shape index (κ2) is 5.84. The summed E-state index contributed by atoms with van der Waals surface area (Å²) in [5.74, 6) is 1.27. The van der Waals surface area contributed by atoms with Gasteiger partial charge in [0, 0.05) is 34.3 Å². The summed E-state index contributed by atoms with van der Waals surface area (Å²) in [6, 6.07) is 15.3. The first kappa shape index (κ1) is 15.4. The Morgan fingerprint density at radius 2 is 2.00 bits per heavy atom. The van der Waals surface area contributed by atoms with Gasteiger partial charge in [-0.1, -0.05) is 23.4 Å². The van der Waals surface area contributed by atoms with Gasteiger partial charge in [0.2, 0.25) is 5.82 Å².